The van der Waals surface area contributed by atoms with E-state index >= 15 is 0 Å². The summed E-state index contributed by atoms with van der Waals surface area (Å²) in [5, 5.41) is 9.78. The Morgan fingerprint density at radius 2 is 1.87 bits per heavy atom. The van der Waals surface area contributed by atoms with Gasteiger partial charge in [0.25, 0.3) is 0 Å². The van der Waals surface area contributed by atoms with Gasteiger partial charge >= 0.3 is 12.3 Å². The van der Waals surface area contributed by atoms with Crippen molar-refractivity contribution in [1.82, 2.24) is 10.0 Å². The van der Waals surface area contributed by atoms with Crippen molar-refractivity contribution in [3.05, 3.63) is 0 Å². The molecule has 0 unspecified atom stereocenters. The first-order chi connectivity index (χ1) is 6.62. The minimum absolute atomic E-state index is 0.470. The molecule has 0 saturated heterocycles. The Morgan fingerprint density at radius 1 is 1.33 bits per heavy atom. The number of sulfonamides is 1. The average Bonchev–Trinajstić information content (AvgIpc) is 1.99. The Hall–Kier alpha value is -1.03. The van der Waals surface area contributed by atoms with Crippen molar-refractivity contribution in [1.29, 1.82) is 0 Å². The Balaban J connectivity index is 3.94. The van der Waals surface area contributed by atoms with Gasteiger partial charge in [-0.3, -0.25) is 0 Å². The molecule has 0 aliphatic carbocycles. The fourth-order valence-corrected chi connectivity index (χ4v) is 1.45. The molecule has 0 aromatic heterocycles. The Bertz CT molecular complexity index is 313. The maximum atomic E-state index is 11.6. The molecule has 90 valence electrons. The third-order valence-electron chi connectivity index (χ3n) is 1.14. The fourth-order valence-electron chi connectivity index (χ4n) is 0.556. The average molecular weight is 250 g/mol. The fraction of sp³-hybridized carbons (Fsp3) is 0.800. The van der Waals surface area contributed by atoms with E-state index in [1.54, 1.807) is 5.32 Å². The van der Waals surface area contributed by atoms with E-state index in [2.05, 4.69) is 0 Å². The van der Waals surface area contributed by atoms with E-state index in [1.165, 1.54) is 4.72 Å². The first-order valence-corrected chi connectivity index (χ1v) is 5.28. The first kappa shape index (κ1) is 14.0. The molecule has 6 nitrogen and oxygen atoms in total. The largest absolute Gasteiger partial charge is 0.465 e. The third kappa shape index (κ3) is 9.28. The minimum Gasteiger partial charge on any atom is -0.465 e. The highest BCUT2D eigenvalue weighted by atomic mass is 32.2. The smallest absolute Gasteiger partial charge is 0.404 e. The topological polar surface area (TPSA) is 95.5 Å². The van der Waals surface area contributed by atoms with Gasteiger partial charge in [0.2, 0.25) is 10.0 Å². The lowest BCUT2D eigenvalue weighted by Gasteiger charge is -2.08. The molecule has 3 N–H and O–H groups in total. The molecule has 0 rings (SSSR count). The van der Waals surface area contributed by atoms with E-state index in [0.29, 0.717) is 0 Å². The van der Waals surface area contributed by atoms with Crippen LogP contribution in [0.4, 0.5) is 18.0 Å². The summed E-state index contributed by atoms with van der Waals surface area (Å²) >= 11 is 0. The predicted octanol–water partition coefficient (Wildman–Crippen LogP) is -0.264. The molecule has 0 aromatic carbocycles. The van der Waals surface area contributed by atoms with Crippen LogP contribution < -0.4 is 10.0 Å². The van der Waals surface area contributed by atoms with Gasteiger partial charge in [0.05, 0.1) is 5.75 Å². The highest BCUT2D eigenvalue weighted by Gasteiger charge is 2.29. The lowest BCUT2D eigenvalue weighted by Crippen LogP contribution is -2.38. The molecule has 0 spiro atoms. The van der Waals surface area contributed by atoms with Crippen LogP contribution in [-0.2, 0) is 10.0 Å². The van der Waals surface area contributed by atoms with Crippen LogP contribution in [0.15, 0.2) is 0 Å². The summed E-state index contributed by atoms with van der Waals surface area (Å²) in [5.74, 6) is -0.741. The lowest BCUT2D eigenvalue weighted by molar-refractivity contribution is -0.121. The van der Waals surface area contributed by atoms with Crippen molar-refractivity contribution in [2.75, 3.05) is 18.8 Å². The standard InChI is InChI=1S/C5H9F3N2O4S/c6-5(7,8)3-10-15(13,14)2-1-9-4(11)12/h9-10H,1-3H2,(H,11,12). The zero-order chi connectivity index (χ0) is 12.1. The summed E-state index contributed by atoms with van der Waals surface area (Å²) in [7, 11) is -4.11. The van der Waals surface area contributed by atoms with Crippen molar-refractivity contribution in [3.63, 3.8) is 0 Å². The maximum absolute atomic E-state index is 11.6. The second-order valence-corrected chi connectivity index (χ2v) is 4.41. The van der Waals surface area contributed by atoms with Crippen molar-refractivity contribution >= 4 is 16.1 Å². The van der Waals surface area contributed by atoms with Crippen LogP contribution in [0, 0.1) is 0 Å². The van der Waals surface area contributed by atoms with Crippen LogP contribution >= 0.6 is 0 Å². The highest BCUT2D eigenvalue weighted by molar-refractivity contribution is 7.89. The van der Waals surface area contributed by atoms with E-state index in [0.717, 1.165) is 0 Å². The number of carboxylic acid groups (broad SMARTS) is 1. The number of carbonyl (C=O) groups is 1. The zero-order valence-electron chi connectivity index (χ0n) is 7.34. The van der Waals surface area contributed by atoms with Crippen molar-refractivity contribution in [2.45, 2.75) is 6.18 Å². The molecule has 0 saturated carbocycles. The SMILES string of the molecule is O=C(O)NCCS(=O)(=O)NCC(F)(F)F. The van der Waals surface area contributed by atoms with E-state index in [-0.39, 0.29) is 0 Å². The van der Waals surface area contributed by atoms with Crippen LogP contribution in [0.2, 0.25) is 0 Å². The molecule has 0 atom stereocenters. The Morgan fingerprint density at radius 3 is 2.27 bits per heavy atom. The molecule has 15 heavy (non-hydrogen) atoms. The van der Waals surface area contributed by atoms with Gasteiger partial charge < -0.3 is 10.4 Å². The van der Waals surface area contributed by atoms with E-state index < -0.39 is 41.1 Å². The summed E-state index contributed by atoms with van der Waals surface area (Å²) in [6, 6.07) is 0. The van der Waals surface area contributed by atoms with Crippen LogP contribution in [0.1, 0.15) is 0 Å². The van der Waals surface area contributed by atoms with Gasteiger partial charge in [-0.2, -0.15) is 13.2 Å². The van der Waals surface area contributed by atoms with Gasteiger partial charge in [0, 0.05) is 6.54 Å². The summed E-state index contributed by atoms with van der Waals surface area (Å²) < 4.78 is 57.7. The molecule has 0 radical (unpaired) electrons. The van der Waals surface area contributed by atoms with Crippen molar-refractivity contribution < 1.29 is 31.5 Å². The highest BCUT2D eigenvalue weighted by Crippen LogP contribution is 2.12. The quantitative estimate of drug-likeness (QED) is 0.626. The summed E-state index contributed by atoms with van der Waals surface area (Å²) in [4.78, 5) is 9.90. The summed E-state index contributed by atoms with van der Waals surface area (Å²) in [6.07, 6.45) is -6.08. The van der Waals surface area contributed by atoms with Gasteiger partial charge in [0.1, 0.15) is 6.54 Å². The second-order valence-electron chi connectivity index (χ2n) is 2.49. The predicted molar refractivity (Wildman–Crippen MR) is 43.9 cm³/mol. The van der Waals surface area contributed by atoms with Gasteiger partial charge in [-0.1, -0.05) is 0 Å². The Kier molecular flexibility index (Phi) is 4.81. The van der Waals surface area contributed by atoms with Gasteiger partial charge in [-0.15, -0.1) is 0 Å². The number of amides is 1. The van der Waals surface area contributed by atoms with E-state index in [4.69, 9.17) is 5.11 Å². The number of hydrogen-bond donors (Lipinski definition) is 3. The van der Waals surface area contributed by atoms with Crippen molar-refractivity contribution in [3.8, 4) is 0 Å². The molecule has 1 amide bonds. The lowest BCUT2D eigenvalue weighted by atomic mass is 10.7. The van der Waals surface area contributed by atoms with Gasteiger partial charge in [0.15, 0.2) is 0 Å². The van der Waals surface area contributed by atoms with Gasteiger partial charge in [-0.05, 0) is 0 Å². The summed E-state index contributed by atoms with van der Waals surface area (Å²) in [5.41, 5.74) is 0. The molecule has 0 bridgehead atoms. The maximum Gasteiger partial charge on any atom is 0.404 e. The monoisotopic (exact) mass is 250 g/mol. The number of hydrogen-bond acceptors (Lipinski definition) is 3. The molecule has 0 aliphatic heterocycles. The number of rotatable bonds is 5. The van der Waals surface area contributed by atoms with Crippen LogP contribution in [0.25, 0.3) is 0 Å². The van der Waals surface area contributed by atoms with Crippen LogP contribution in [-0.4, -0.2) is 44.6 Å². The number of alkyl halides is 3. The van der Waals surface area contributed by atoms with Crippen LogP contribution in [0.3, 0.4) is 0 Å². The second kappa shape index (κ2) is 5.16. The number of halogens is 3. The minimum atomic E-state index is -4.63. The normalized spacial score (nSPS) is 12.5. The molecule has 0 aromatic rings. The molecule has 10 heteroatoms. The first-order valence-electron chi connectivity index (χ1n) is 3.63. The Labute approximate surface area is 83.5 Å². The van der Waals surface area contributed by atoms with E-state index in [1.807, 2.05) is 0 Å². The zero-order valence-corrected chi connectivity index (χ0v) is 8.15. The number of nitrogens with one attached hydrogen (secondary N) is 2. The van der Waals surface area contributed by atoms with Gasteiger partial charge in [-0.25, -0.2) is 17.9 Å². The third-order valence-corrected chi connectivity index (χ3v) is 2.47. The summed E-state index contributed by atoms with van der Waals surface area (Å²) in [6.45, 7) is -2.13. The van der Waals surface area contributed by atoms with Crippen LogP contribution in [0.5, 0.6) is 0 Å². The molecule has 0 heterocycles. The molecule has 0 fully saturated rings. The molecule has 0 aliphatic rings. The molecular formula is C5H9F3N2O4S. The van der Waals surface area contributed by atoms with Crippen molar-refractivity contribution in [2.24, 2.45) is 0 Å². The molecular weight excluding hydrogens is 241 g/mol. The van der Waals surface area contributed by atoms with E-state index in [9.17, 15) is 26.4 Å².